The van der Waals surface area contributed by atoms with Crippen molar-refractivity contribution in [3.63, 3.8) is 0 Å². The van der Waals surface area contributed by atoms with Gasteiger partial charge in [0.25, 0.3) is 0 Å². The predicted molar refractivity (Wildman–Crippen MR) is 362 cm³/mol. The molecule has 498 valence electrons. The standard InChI is InChI=1S/C76H141NO8/c1-6-8-10-12-14-16-18-20-22-24-26-28-30-31-32-33-34-35-36-37-38-39-40-41-42-43-45-46-48-50-52-54-56-58-60-62-64-66-73(78)83-70-72(71-84-76(75(80)81)82-69-68-77(3,4)5)85-74(79)67-65-63-61-59-57-55-53-51-49-47-44-29-27-25-23-21-19-17-15-13-11-9-7-2/h19,21,24-27,44,47,72,76H,6-18,20,22-23,28-43,45-46,48-71H2,1-5H3/b21-19-,26-24-,27-25-,47-44-. The minimum absolute atomic E-state index is 0.147. The number of esters is 2. The number of carbonyl (C=O) groups is 3. The summed E-state index contributed by atoms with van der Waals surface area (Å²) >= 11 is 0. The zero-order valence-electron chi connectivity index (χ0n) is 57.0. The number of aliphatic carboxylic acids is 1. The van der Waals surface area contributed by atoms with Crippen LogP contribution >= 0.6 is 0 Å². The van der Waals surface area contributed by atoms with Crippen LogP contribution in [-0.2, 0) is 33.3 Å². The van der Waals surface area contributed by atoms with Crippen LogP contribution in [0.4, 0.5) is 0 Å². The van der Waals surface area contributed by atoms with E-state index < -0.39 is 24.3 Å². The van der Waals surface area contributed by atoms with Gasteiger partial charge < -0.3 is 33.3 Å². The molecule has 9 heteroatoms. The van der Waals surface area contributed by atoms with Gasteiger partial charge in [0.1, 0.15) is 13.2 Å². The zero-order chi connectivity index (χ0) is 61.9. The maximum atomic E-state index is 12.9. The normalized spacial score (nSPS) is 12.9. The molecule has 0 aromatic heterocycles. The lowest BCUT2D eigenvalue weighted by Crippen LogP contribution is -2.44. The Morgan fingerprint density at radius 2 is 0.635 bits per heavy atom. The van der Waals surface area contributed by atoms with E-state index in [4.69, 9.17) is 18.9 Å². The summed E-state index contributed by atoms with van der Waals surface area (Å²) in [4.78, 5) is 37.5. The van der Waals surface area contributed by atoms with E-state index in [1.807, 2.05) is 21.1 Å². The highest BCUT2D eigenvalue weighted by Gasteiger charge is 2.22. The molecule has 0 saturated heterocycles. The summed E-state index contributed by atoms with van der Waals surface area (Å²) in [5.41, 5.74) is 0. The van der Waals surface area contributed by atoms with Crippen molar-refractivity contribution >= 4 is 17.9 Å². The number of likely N-dealkylation sites (N-methyl/N-ethyl adjacent to an activating group) is 1. The third-order valence-electron chi connectivity index (χ3n) is 16.5. The molecule has 0 radical (unpaired) electrons. The second-order valence-corrected chi connectivity index (χ2v) is 26.2. The third-order valence-corrected chi connectivity index (χ3v) is 16.5. The van der Waals surface area contributed by atoms with Crippen molar-refractivity contribution in [2.75, 3.05) is 47.5 Å². The van der Waals surface area contributed by atoms with Gasteiger partial charge in [-0.15, -0.1) is 0 Å². The number of carbonyl (C=O) groups excluding carboxylic acids is 3. The number of ether oxygens (including phenoxy) is 4. The van der Waals surface area contributed by atoms with Crippen LogP contribution in [0, 0.1) is 0 Å². The fourth-order valence-electron chi connectivity index (χ4n) is 10.9. The highest BCUT2D eigenvalue weighted by Crippen LogP contribution is 2.19. The van der Waals surface area contributed by atoms with E-state index in [1.54, 1.807) is 0 Å². The number of hydrogen-bond donors (Lipinski definition) is 0. The Morgan fingerprint density at radius 1 is 0.353 bits per heavy atom. The lowest BCUT2D eigenvalue weighted by molar-refractivity contribution is -0.870. The number of allylic oxidation sites excluding steroid dienone is 8. The smallest absolute Gasteiger partial charge is 0.306 e. The Balaban J connectivity index is 4.00. The van der Waals surface area contributed by atoms with Crippen molar-refractivity contribution in [1.29, 1.82) is 0 Å². The summed E-state index contributed by atoms with van der Waals surface area (Å²) in [6.45, 7) is 4.78. The molecule has 0 saturated carbocycles. The summed E-state index contributed by atoms with van der Waals surface area (Å²) in [6.07, 6.45) is 83.6. The van der Waals surface area contributed by atoms with E-state index >= 15 is 0 Å². The first-order valence-corrected chi connectivity index (χ1v) is 36.8. The van der Waals surface area contributed by atoms with Crippen LogP contribution < -0.4 is 5.11 Å². The molecule has 2 atom stereocenters. The SMILES string of the molecule is CCCCCCC/C=C\C/C=C\C/C=C\CCCCCCCCCCC(=O)OC(COC(=O)CCCCCCCCCCCCCCCCCCCCCCCCCCC/C=C\CCCCCCCCCC)COC(OCC[N+](C)(C)C)C(=O)[O-]. The molecule has 85 heavy (non-hydrogen) atoms. The first kappa shape index (κ1) is 82.2. The van der Waals surface area contributed by atoms with E-state index in [1.165, 1.54) is 270 Å². The second-order valence-electron chi connectivity index (χ2n) is 26.2. The molecule has 0 rings (SSSR count). The molecule has 0 aliphatic heterocycles. The average molecular weight is 1200 g/mol. The van der Waals surface area contributed by atoms with E-state index in [0.717, 1.165) is 57.8 Å². The molecule has 0 fully saturated rings. The molecule has 0 spiro atoms. The number of quaternary nitrogens is 1. The number of carboxylic acids is 1. The Morgan fingerprint density at radius 3 is 0.953 bits per heavy atom. The summed E-state index contributed by atoms with van der Waals surface area (Å²) in [6, 6.07) is 0. The second kappa shape index (κ2) is 67.2. The van der Waals surface area contributed by atoms with Gasteiger partial charge in [-0.3, -0.25) is 9.59 Å². The Bertz CT molecular complexity index is 1530. The van der Waals surface area contributed by atoms with Gasteiger partial charge in [0.2, 0.25) is 0 Å². The highest BCUT2D eigenvalue weighted by molar-refractivity contribution is 5.70. The molecule has 0 aromatic carbocycles. The van der Waals surface area contributed by atoms with Gasteiger partial charge in [-0.05, 0) is 77.0 Å². The molecule has 0 N–H and O–H groups in total. The van der Waals surface area contributed by atoms with Crippen molar-refractivity contribution < 1.29 is 42.9 Å². The summed E-state index contributed by atoms with van der Waals surface area (Å²) in [7, 11) is 5.94. The van der Waals surface area contributed by atoms with Crippen LogP contribution in [0.5, 0.6) is 0 Å². The minimum Gasteiger partial charge on any atom is -0.545 e. The topological polar surface area (TPSA) is 111 Å². The quantitative estimate of drug-likeness (QED) is 0.0195. The van der Waals surface area contributed by atoms with Crippen molar-refractivity contribution in [1.82, 2.24) is 0 Å². The molecule has 0 aliphatic rings. The average Bonchev–Trinajstić information content (AvgIpc) is 3.49. The summed E-state index contributed by atoms with van der Waals surface area (Å²) in [5.74, 6) is -2.27. The van der Waals surface area contributed by atoms with Crippen LogP contribution in [-0.4, -0.2) is 82.3 Å². The number of hydrogen-bond acceptors (Lipinski definition) is 8. The van der Waals surface area contributed by atoms with Gasteiger partial charge in [-0.1, -0.05) is 319 Å². The molecular formula is C76H141NO8. The maximum absolute atomic E-state index is 12.9. The van der Waals surface area contributed by atoms with Crippen LogP contribution in [0.3, 0.4) is 0 Å². The van der Waals surface area contributed by atoms with Crippen molar-refractivity contribution in [2.24, 2.45) is 0 Å². The van der Waals surface area contributed by atoms with Gasteiger partial charge in [-0.25, -0.2) is 0 Å². The molecule has 9 nitrogen and oxygen atoms in total. The van der Waals surface area contributed by atoms with E-state index in [2.05, 4.69) is 62.5 Å². The van der Waals surface area contributed by atoms with E-state index in [-0.39, 0.29) is 32.2 Å². The van der Waals surface area contributed by atoms with Gasteiger partial charge >= 0.3 is 11.9 Å². The van der Waals surface area contributed by atoms with Crippen molar-refractivity contribution in [3.05, 3.63) is 48.6 Å². The van der Waals surface area contributed by atoms with Gasteiger partial charge in [0.05, 0.1) is 40.3 Å². The predicted octanol–water partition coefficient (Wildman–Crippen LogP) is 21.6. The zero-order valence-corrected chi connectivity index (χ0v) is 57.0. The fourth-order valence-corrected chi connectivity index (χ4v) is 10.9. The largest absolute Gasteiger partial charge is 0.545 e. The number of unbranched alkanes of at least 4 members (excludes halogenated alkanes) is 46. The first-order chi connectivity index (χ1) is 41.6. The van der Waals surface area contributed by atoms with Crippen LogP contribution in [0.1, 0.15) is 361 Å². The molecule has 2 unspecified atom stereocenters. The van der Waals surface area contributed by atoms with E-state index in [0.29, 0.717) is 23.9 Å². The van der Waals surface area contributed by atoms with Crippen molar-refractivity contribution in [2.45, 2.75) is 373 Å². The Kier molecular flexibility index (Phi) is 65.0. The monoisotopic (exact) mass is 1200 g/mol. The third kappa shape index (κ3) is 68.6. The van der Waals surface area contributed by atoms with Gasteiger partial charge in [-0.2, -0.15) is 0 Å². The van der Waals surface area contributed by atoms with Gasteiger partial charge in [0, 0.05) is 12.8 Å². The summed E-state index contributed by atoms with van der Waals surface area (Å²) < 4.78 is 22.8. The molecule has 0 heterocycles. The number of nitrogens with zero attached hydrogens (tertiary/aromatic N) is 1. The Hall–Kier alpha value is -2.75. The van der Waals surface area contributed by atoms with Crippen LogP contribution in [0.15, 0.2) is 48.6 Å². The lowest BCUT2D eigenvalue weighted by Gasteiger charge is -2.26. The van der Waals surface area contributed by atoms with E-state index in [9.17, 15) is 19.5 Å². The molecule has 0 aliphatic carbocycles. The first-order valence-electron chi connectivity index (χ1n) is 36.8. The van der Waals surface area contributed by atoms with Crippen LogP contribution in [0.2, 0.25) is 0 Å². The van der Waals surface area contributed by atoms with Gasteiger partial charge in [0.15, 0.2) is 12.4 Å². The maximum Gasteiger partial charge on any atom is 0.306 e. The lowest BCUT2D eigenvalue weighted by atomic mass is 10.0. The fraction of sp³-hybridized carbons (Fsp3) is 0.855. The molecule has 0 aromatic rings. The Labute approximate surface area is 527 Å². The number of carboxylic acid groups (broad SMARTS) is 1. The van der Waals surface area contributed by atoms with Crippen LogP contribution in [0.25, 0.3) is 0 Å². The number of rotatable bonds is 69. The minimum atomic E-state index is -1.62. The van der Waals surface area contributed by atoms with Crippen molar-refractivity contribution in [3.8, 4) is 0 Å². The molecule has 0 amide bonds. The molecule has 0 bridgehead atoms. The highest BCUT2D eigenvalue weighted by atomic mass is 16.7. The molecular weight excluding hydrogens is 1050 g/mol. The summed E-state index contributed by atoms with van der Waals surface area (Å²) in [5, 5.41) is 11.8.